The molecule has 2 saturated carbocycles. The molecule has 1 N–H and O–H groups in total. The zero-order valence-corrected chi connectivity index (χ0v) is 19.5. The molecule has 3 nitrogen and oxygen atoms in total. The fourth-order valence-electron chi connectivity index (χ4n) is 6.30. The maximum Gasteiger partial charge on any atom is 0.416 e. The number of benzene rings is 2. The van der Waals surface area contributed by atoms with Crippen LogP contribution in [-0.4, -0.2) is 29.9 Å². The summed E-state index contributed by atoms with van der Waals surface area (Å²) in [5, 5.41) is 3.01. The lowest BCUT2D eigenvalue weighted by Gasteiger charge is -2.37. The Hall–Kier alpha value is -2.34. The molecule has 2 aliphatic carbocycles. The van der Waals surface area contributed by atoms with Gasteiger partial charge in [-0.15, -0.1) is 0 Å². The molecule has 0 bridgehead atoms. The number of likely N-dealkylation sites (tertiary alicyclic amines) is 1. The van der Waals surface area contributed by atoms with E-state index in [9.17, 15) is 18.0 Å². The first-order valence-electron chi connectivity index (χ1n) is 12.6. The van der Waals surface area contributed by atoms with Crippen molar-refractivity contribution in [1.82, 2.24) is 10.2 Å². The summed E-state index contributed by atoms with van der Waals surface area (Å²) in [5.74, 6) is 1.07. The lowest BCUT2D eigenvalue weighted by molar-refractivity contribution is -0.137. The number of hydrogen-bond acceptors (Lipinski definition) is 2. The fraction of sp³-hybridized carbons (Fsp3) is 0.536. The Balaban J connectivity index is 1.19. The number of halogens is 3. The topological polar surface area (TPSA) is 32.3 Å². The molecular formula is C28H33F3N2O. The van der Waals surface area contributed by atoms with Gasteiger partial charge in [0.15, 0.2) is 0 Å². The van der Waals surface area contributed by atoms with Crippen molar-refractivity contribution in [3.63, 3.8) is 0 Å². The third kappa shape index (κ3) is 4.88. The smallest absolute Gasteiger partial charge is 0.352 e. The van der Waals surface area contributed by atoms with Crippen molar-refractivity contribution in [2.75, 3.05) is 13.1 Å². The highest BCUT2D eigenvalue weighted by Gasteiger charge is 2.55. The van der Waals surface area contributed by atoms with E-state index in [1.807, 2.05) is 0 Å². The molecule has 0 spiro atoms. The van der Waals surface area contributed by atoms with Crippen LogP contribution in [0.3, 0.4) is 0 Å². The van der Waals surface area contributed by atoms with Crippen molar-refractivity contribution in [1.29, 1.82) is 0 Å². The van der Waals surface area contributed by atoms with Crippen LogP contribution in [0.1, 0.15) is 67.6 Å². The number of carbonyl (C=O) groups is 1. The molecule has 2 atom stereocenters. The lowest BCUT2D eigenvalue weighted by atomic mass is 9.79. The monoisotopic (exact) mass is 470 g/mol. The normalized spacial score (nSPS) is 26.5. The molecule has 2 unspecified atom stereocenters. The molecular weight excluding hydrogens is 437 g/mol. The number of alkyl halides is 3. The predicted octanol–water partition coefficient (Wildman–Crippen LogP) is 6.15. The molecule has 3 fully saturated rings. The first-order chi connectivity index (χ1) is 16.3. The molecule has 34 heavy (non-hydrogen) atoms. The molecule has 1 aliphatic heterocycles. The minimum atomic E-state index is -4.37. The highest BCUT2D eigenvalue weighted by molar-refractivity contribution is 5.83. The van der Waals surface area contributed by atoms with E-state index in [1.54, 1.807) is 6.07 Å². The lowest BCUT2D eigenvalue weighted by Crippen LogP contribution is -2.44. The predicted molar refractivity (Wildman–Crippen MR) is 126 cm³/mol. The van der Waals surface area contributed by atoms with Crippen molar-refractivity contribution in [3.05, 3.63) is 71.3 Å². The van der Waals surface area contributed by atoms with Crippen LogP contribution >= 0.6 is 0 Å². The van der Waals surface area contributed by atoms with Crippen LogP contribution in [0, 0.1) is 11.3 Å². The SMILES string of the molecule is O=C(NCc1cccc(C(F)(F)F)c1)C1(C2CC2)CCC(N2CCC(c3ccccc3)CC2)C1. The van der Waals surface area contributed by atoms with Crippen molar-refractivity contribution in [3.8, 4) is 0 Å². The Kier molecular flexibility index (Phi) is 6.45. The van der Waals surface area contributed by atoms with Gasteiger partial charge in [-0.05, 0) is 93.1 Å². The summed E-state index contributed by atoms with van der Waals surface area (Å²) < 4.78 is 39.1. The average molecular weight is 471 g/mol. The first kappa shape index (κ1) is 23.4. The number of amides is 1. The Morgan fingerprint density at radius 3 is 2.38 bits per heavy atom. The molecule has 1 heterocycles. The summed E-state index contributed by atoms with van der Waals surface area (Å²) in [4.78, 5) is 16.0. The van der Waals surface area contributed by atoms with Crippen LogP contribution in [0.4, 0.5) is 13.2 Å². The van der Waals surface area contributed by atoms with Gasteiger partial charge in [-0.25, -0.2) is 0 Å². The summed E-state index contributed by atoms with van der Waals surface area (Å²) in [5.41, 5.74) is 0.889. The van der Waals surface area contributed by atoms with Crippen molar-refractivity contribution >= 4 is 5.91 Å². The largest absolute Gasteiger partial charge is 0.416 e. The van der Waals surface area contributed by atoms with Crippen LogP contribution in [0.5, 0.6) is 0 Å². The van der Waals surface area contributed by atoms with Crippen molar-refractivity contribution in [2.24, 2.45) is 11.3 Å². The number of piperidine rings is 1. The van der Waals surface area contributed by atoms with E-state index in [-0.39, 0.29) is 17.9 Å². The van der Waals surface area contributed by atoms with E-state index in [0.29, 0.717) is 23.4 Å². The third-order valence-electron chi connectivity index (χ3n) is 8.36. The second-order valence-electron chi connectivity index (χ2n) is 10.4. The quantitative estimate of drug-likeness (QED) is 0.549. The van der Waals surface area contributed by atoms with Crippen LogP contribution in [0.2, 0.25) is 0 Å². The summed E-state index contributed by atoms with van der Waals surface area (Å²) >= 11 is 0. The van der Waals surface area contributed by atoms with Gasteiger partial charge in [0.25, 0.3) is 0 Å². The molecule has 0 aromatic heterocycles. The van der Waals surface area contributed by atoms with Crippen LogP contribution in [-0.2, 0) is 17.5 Å². The first-order valence-corrected chi connectivity index (χ1v) is 12.6. The molecule has 1 amide bonds. The summed E-state index contributed by atoms with van der Waals surface area (Å²) in [6.07, 6.45) is 2.89. The minimum Gasteiger partial charge on any atom is -0.352 e. The van der Waals surface area contributed by atoms with Crippen molar-refractivity contribution < 1.29 is 18.0 Å². The summed E-state index contributed by atoms with van der Waals surface area (Å²) in [7, 11) is 0. The average Bonchev–Trinajstić information content (AvgIpc) is 3.62. The number of rotatable bonds is 6. The maximum atomic E-state index is 13.4. The second-order valence-corrected chi connectivity index (χ2v) is 10.4. The number of hydrogen-bond donors (Lipinski definition) is 1. The van der Waals surface area contributed by atoms with Gasteiger partial charge in [0.1, 0.15) is 0 Å². The van der Waals surface area contributed by atoms with Gasteiger partial charge in [0.2, 0.25) is 5.91 Å². The third-order valence-corrected chi connectivity index (χ3v) is 8.36. The van der Waals surface area contributed by atoms with E-state index in [2.05, 4.69) is 40.5 Å². The zero-order chi connectivity index (χ0) is 23.8. The fourth-order valence-corrected chi connectivity index (χ4v) is 6.30. The Morgan fingerprint density at radius 2 is 1.71 bits per heavy atom. The molecule has 3 aliphatic rings. The van der Waals surface area contributed by atoms with E-state index in [1.165, 1.54) is 11.6 Å². The van der Waals surface area contributed by atoms with Crippen LogP contribution in [0.25, 0.3) is 0 Å². The number of nitrogens with zero attached hydrogens (tertiary/aromatic N) is 1. The van der Waals surface area contributed by atoms with Gasteiger partial charge in [-0.2, -0.15) is 13.2 Å². The van der Waals surface area contributed by atoms with Gasteiger partial charge in [-0.3, -0.25) is 4.79 Å². The standard InChI is InChI=1S/C28H33F3N2O/c29-28(30,31)24-8-4-5-20(17-24)19-32-26(34)27(23-9-10-23)14-11-25(18-27)33-15-12-22(13-16-33)21-6-2-1-3-7-21/h1-8,17,22-23,25H,9-16,18-19H2,(H,32,34). The Morgan fingerprint density at radius 1 is 0.971 bits per heavy atom. The van der Waals surface area contributed by atoms with Gasteiger partial charge >= 0.3 is 6.18 Å². The second kappa shape index (κ2) is 9.37. The van der Waals surface area contributed by atoms with E-state index >= 15 is 0 Å². The van der Waals surface area contributed by atoms with E-state index in [0.717, 1.165) is 70.2 Å². The summed E-state index contributed by atoms with van der Waals surface area (Å²) in [6, 6.07) is 16.4. The highest BCUT2D eigenvalue weighted by atomic mass is 19.4. The molecule has 6 heteroatoms. The number of carbonyl (C=O) groups excluding carboxylic acids is 1. The van der Waals surface area contributed by atoms with Gasteiger partial charge < -0.3 is 10.2 Å². The summed E-state index contributed by atoms with van der Waals surface area (Å²) in [6.45, 7) is 2.28. The van der Waals surface area contributed by atoms with Crippen LogP contribution in [0.15, 0.2) is 54.6 Å². The van der Waals surface area contributed by atoms with Crippen molar-refractivity contribution in [2.45, 2.75) is 69.6 Å². The van der Waals surface area contributed by atoms with Crippen LogP contribution < -0.4 is 5.32 Å². The Bertz CT molecular complexity index is 996. The van der Waals surface area contributed by atoms with E-state index < -0.39 is 11.7 Å². The minimum absolute atomic E-state index is 0.0362. The molecule has 2 aromatic carbocycles. The molecule has 5 rings (SSSR count). The highest BCUT2D eigenvalue weighted by Crippen LogP contribution is 2.56. The van der Waals surface area contributed by atoms with Gasteiger partial charge in [-0.1, -0.05) is 42.5 Å². The van der Waals surface area contributed by atoms with E-state index in [4.69, 9.17) is 0 Å². The molecule has 2 aromatic rings. The molecule has 1 saturated heterocycles. The molecule has 0 radical (unpaired) electrons. The zero-order valence-electron chi connectivity index (χ0n) is 19.5. The molecule has 182 valence electrons. The van der Waals surface area contributed by atoms with Gasteiger partial charge in [0, 0.05) is 12.6 Å². The maximum absolute atomic E-state index is 13.4. The van der Waals surface area contributed by atoms with Gasteiger partial charge in [0.05, 0.1) is 11.0 Å². The number of nitrogens with one attached hydrogen (secondary N) is 1. The Labute approximate surface area is 199 Å².